The number of carbonyl (C=O) groups excluding carboxylic acids is 8. The molecule has 30 heteroatoms. The molecule has 0 radical (unpaired) electrons. The van der Waals surface area contributed by atoms with Crippen LogP contribution in [0.2, 0.25) is 0 Å². The second-order valence-corrected chi connectivity index (χ2v) is 21.3. The molecular formula is C53H93N7O23. The van der Waals surface area contributed by atoms with Crippen molar-refractivity contribution in [2.24, 2.45) is 5.73 Å². The van der Waals surface area contributed by atoms with Crippen LogP contribution in [0.4, 0.5) is 0 Å². The first-order valence-corrected chi connectivity index (χ1v) is 28.6. The Labute approximate surface area is 483 Å². The first-order chi connectivity index (χ1) is 39.3. The van der Waals surface area contributed by atoms with E-state index in [0.29, 0.717) is 45.1 Å². The number of aliphatic hydroxyl groups excluding tert-OH is 9. The number of nitrogens with zero attached hydrogens (tertiary/aromatic N) is 1. The van der Waals surface area contributed by atoms with E-state index >= 15 is 0 Å². The van der Waals surface area contributed by atoms with Crippen molar-refractivity contribution < 1.29 is 113 Å². The number of unbranched alkanes of at least 4 members (excludes halogenated alkanes) is 3. The lowest BCUT2D eigenvalue weighted by Gasteiger charge is -2.38. The fourth-order valence-electron chi connectivity index (χ4n) is 9.16. The predicted octanol–water partition coefficient (Wildman–Crippen LogP) is -5.71. The number of amides is 5. The molecule has 83 heavy (non-hydrogen) atoms. The van der Waals surface area contributed by atoms with Gasteiger partial charge in [0.2, 0.25) is 29.5 Å². The number of hydrogen-bond donors (Lipinski definition) is 15. The summed E-state index contributed by atoms with van der Waals surface area (Å²) < 4.78 is 32.8. The topological polar surface area (TPSA) is 463 Å². The van der Waals surface area contributed by atoms with Gasteiger partial charge < -0.3 is 107 Å². The van der Waals surface area contributed by atoms with Gasteiger partial charge in [-0.1, -0.05) is 0 Å². The van der Waals surface area contributed by atoms with E-state index in [1.807, 2.05) is 0 Å². The van der Waals surface area contributed by atoms with E-state index in [9.17, 15) is 84.3 Å². The Balaban J connectivity index is 1.56. The highest BCUT2D eigenvalue weighted by atomic mass is 16.7. The molecule has 16 N–H and O–H groups in total. The van der Waals surface area contributed by atoms with Gasteiger partial charge in [-0.25, -0.2) is 0 Å². The SMILES string of the molecule is CC(=O)[C@H](CCCCN)NC(=O)CCCCC(=O)NCCCC[C@H](NC(=O)CNC(=O)CN(CC(=O)CCCO[C@@H]1O[C@@H](C)[C@@H](O)[C@@H](O)[C@@H]1O)CC(=O)NCCO[C@@H]1O[C@@H](C)[C@@H](O)[C@@H](O)[C@@H]1O)C(=O)CCCO[C@@H]1O[C@@H](C)[C@@H](O)[C@@H](O)[C@@H]1O. The Hall–Kier alpha value is -4.32. The number of ether oxygens (including phenoxy) is 6. The van der Waals surface area contributed by atoms with Crippen molar-refractivity contribution in [2.75, 3.05) is 65.6 Å². The van der Waals surface area contributed by atoms with Gasteiger partial charge in [-0.2, -0.15) is 0 Å². The minimum absolute atomic E-state index is 0.0842. The van der Waals surface area contributed by atoms with Crippen LogP contribution < -0.4 is 32.3 Å². The van der Waals surface area contributed by atoms with Gasteiger partial charge in [0.15, 0.2) is 30.4 Å². The Bertz CT molecular complexity index is 1960. The van der Waals surface area contributed by atoms with Crippen molar-refractivity contribution in [1.82, 2.24) is 31.5 Å². The monoisotopic (exact) mass is 1200 g/mol. The lowest BCUT2D eigenvalue weighted by Crippen LogP contribution is -2.57. The van der Waals surface area contributed by atoms with Gasteiger partial charge in [-0.3, -0.25) is 43.3 Å². The molecule has 3 aliphatic rings. The van der Waals surface area contributed by atoms with E-state index in [1.165, 1.54) is 32.6 Å². The highest BCUT2D eigenvalue weighted by Gasteiger charge is 2.44. The predicted molar refractivity (Wildman–Crippen MR) is 289 cm³/mol. The smallest absolute Gasteiger partial charge is 0.239 e. The number of nitrogens with two attached hydrogens (primary N) is 1. The van der Waals surface area contributed by atoms with Gasteiger partial charge in [0.1, 0.15) is 60.7 Å². The molecule has 3 fully saturated rings. The molecule has 5 amide bonds. The van der Waals surface area contributed by atoms with Crippen LogP contribution in [-0.2, 0) is 66.8 Å². The summed E-state index contributed by atoms with van der Waals surface area (Å²) in [6, 6.07) is -1.66. The zero-order valence-electron chi connectivity index (χ0n) is 48.1. The number of carbonyl (C=O) groups is 8. The zero-order chi connectivity index (χ0) is 61.8. The molecule has 0 aliphatic carbocycles. The summed E-state index contributed by atoms with van der Waals surface area (Å²) >= 11 is 0. The molecule has 0 bridgehead atoms. The molecule has 0 aromatic heterocycles. The van der Waals surface area contributed by atoms with Crippen LogP contribution in [-0.4, -0.2) is 268 Å². The highest BCUT2D eigenvalue weighted by Crippen LogP contribution is 2.24. The van der Waals surface area contributed by atoms with Crippen molar-refractivity contribution >= 4 is 46.9 Å². The van der Waals surface area contributed by atoms with Gasteiger partial charge in [0.05, 0.1) is 76.4 Å². The molecular weight excluding hydrogens is 1100 g/mol. The molecule has 0 unspecified atom stereocenters. The van der Waals surface area contributed by atoms with Crippen LogP contribution in [0.15, 0.2) is 0 Å². The Morgan fingerprint density at radius 1 is 0.458 bits per heavy atom. The third kappa shape index (κ3) is 26.5. The van der Waals surface area contributed by atoms with Gasteiger partial charge in [-0.05, 0) is 98.4 Å². The molecule has 3 saturated heterocycles. The summed E-state index contributed by atoms with van der Waals surface area (Å²) in [4.78, 5) is 105. The molecule has 0 spiro atoms. The van der Waals surface area contributed by atoms with Gasteiger partial charge in [0.25, 0.3) is 0 Å². The second kappa shape index (κ2) is 38.7. The number of hydrogen-bond acceptors (Lipinski definition) is 25. The van der Waals surface area contributed by atoms with Crippen molar-refractivity contribution in [3.8, 4) is 0 Å². The van der Waals surface area contributed by atoms with Crippen molar-refractivity contribution in [3.05, 3.63) is 0 Å². The number of Topliss-reactive ketones (excluding diaryl/α,β-unsaturated/α-hetero) is 3. The van der Waals surface area contributed by atoms with Crippen LogP contribution in [0.3, 0.4) is 0 Å². The Kier molecular flexibility index (Phi) is 34.0. The van der Waals surface area contributed by atoms with Gasteiger partial charge >= 0.3 is 0 Å². The van der Waals surface area contributed by atoms with Crippen LogP contribution in [0.25, 0.3) is 0 Å². The molecule has 0 saturated carbocycles. The van der Waals surface area contributed by atoms with Crippen molar-refractivity contribution in [1.29, 1.82) is 0 Å². The third-order valence-corrected chi connectivity index (χ3v) is 14.2. The molecule has 478 valence electrons. The first-order valence-electron chi connectivity index (χ1n) is 28.6. The van der Waals surface area contributed by atoms with E-state index in [2.05, 4.69) is 26.6 Å². The molecule has 30 nitrogen and oxygen atoms in total. The first kappa shape index (κ1) is 72.9. The molecule has 17 atom stereocenters. The Morgan fingerprint density at radius 2 is 0.904 bits per heavy atom. The van der Waals surface area contributed by atoms with Crippen LogP contribution in [0.5, 0.6) is 0 Å². The third-order valence-electron chi connectivity index (χ3n) is 14.2. The molecule has 3 heterocycles. The van der Waals surface area contributed by atoms with E-state index in [-0.39, 0.29) is 95.5 Å². The van der Waals surface area contributed by atoms with Crippen LogP contribution in [0, 0.1) is 0 Å². The Morgan fingerprint density at radius 3 is 1.42 bits per heavy atom. The summed E-state index contributed by atoms with van der Waals surface area (Å²) in [5.74, 6) is -3.80. The van der Waals surface area contributed by atoms with Crippen molar-refractivity contribution in [3.63, 3.8) is 0 Å². The van der Waals surface area contributed by atoms with E-state index in [4.69, 9.17) is 34.2 Å². The fourth-order valence-corrected chi connectivity index (χ4v) is 9.16. The van der Waals surface area contributed by atoms with E-state index in [1.54, 1.807) is 0 Å². The average molecular weight is 1200 g/mol. The normalized spacial score (nSPS) is 28.8. The average Bonchev–Trinajstić information content (AvgIpc) is 3.59. The summed E-state index contributed by atoms with van der Waals surface area (Å²) in [7, 11) is 0. The van der Waals surface area contributed by atoms with Gasteiger partial charge in [-0.15, -0.1) is 0 Å². The molecule has 3 rings (SSSR count). The molecule has 0 aromatic carbocycles. The summed E-state index contributed by atoms with van der Waals surface area (Å²) in [5, 5.41) is 104. The van der Waals surface area contributed by atoms with Crippen LogP contribution in [0.1, 0.15) is 118 Å². The van der Waals surface area contributed by atoms with E-state index in [0.717, 1.165) is 6.42 Å². The molecule has 3 aliphatic heterocycles. The van der Waals surface area contributed by atoms with Crippen LogP contribution >= 0.6 is 0 Å². The maximum Gasteiger partial charge on any atom is 0.239 e. The lowest BCUT2D eigenvalue weighted by atomic mass is 10.00. The maximum absolute atomic E-state index is 13.6. The maximum atomic E-state index is 13.6. The highest BCUT2D eigenvalue weighted by molar-refractivity contribution is 5.92. The largest absolute Gasteiger partial charge is 0.388 e. The van der Waals surface area contributed by atoms with Gasteiger partial charge in [0, 0.05) is 38.8 Å². The number of ketones is 3. The number of rotatable bonds is 40. The standard InChI is InChI=1S/C53H93N7O23/c1-29(61)34(14-7-9-19-54)58-38(65)18-6-5-17-37(64)55-20-10-8-15-35(36(63)16-12-23-79-52-49(76)46(73)43(70)31(3)82-52)59-39(66)25-57-41(68)28-60(26-33(62)13-11-22-78-51-48(75)45(72)42(69)30(2)81-51)27-40(67)56-21-24-80-53-50(77)47(74)44(71)32(4)83-53/h30-32,34-35,42-53,69-77H,5-28,54H2,1-4H3,(H,55,64)(H,56,67)(H,57,68)(H,58,65)(H,59,66)/t30-,31-,32-,34-,35-,42+,43+,44+,45+,46+,47+,48-,49-,50-,51+,52+,53+/m0/s1. The minimum atomic E-state index is -1.59. The number of nitrogens with one attached hydrogen (secondary N) is 5. The fraction of sp³-hybridized carbons (Fsp3) is 0.849. The zero-order valence-corrected chi connectivity index (χ0v) is 48.1. The quantitative estimate of drug-likeness (QED) is 0.0254. The molecule has 0 aromatic rings. The lowest BCUT2D eigenvalue weighted by molar-refractivity contribution is -0.293. The summed E-state index contributed by atoms with van der Waals surface area (Å²) in [5.41, 5.74) is 5.53. The summed E-state index contributed by atoms with van der Waals surface area (Å²) in [6.45, 7) is 3.78. The summed E-state index contributed by atoms with van der Waals surface area (Å²) in [6.07, 6.45) is -16.1. The minimum Gasteiger partial charge on any atom is -0.388 e. The number of aliphatic hydroxyl groups is 9. The van der Waals surface area contributed by atoms with E-state index < -0.39 is 160 Å². The van der Waals surface area contributed by atoms with Crippen molar-refractivity contribution in [2.45, 2.75) is 222 Å². The second-order valence-electron chi connectivity index (χ2n) is 21.3.